The number of anilines is 1. The second kappa shape index (κ2) is 5.30. The maximum atomic E-state index is 10.7. The van der Waals surface area contributed by atoms with E-state index in [1.165, 1.54) is 11.3 Å². The summed E-state index contributed by atoms with van der Waals surface area (Å²) in [5.41, 5.74) is 0.151. The van der Waals surface area contributed by atoms with Crippen LogP contribution in [-0.4, -0.2) is 21.6 Å². The van der Waals surface area contributed by atoms with Crippen molar-refractivity contribution in [1.82, 2.24) is 4.98 Å². The van der Waals surface area contributed by atoms with Crippen LogP contribution >= 0.6 is 11.3 Å². The molecule has 0 saturated carbocycles. The van der Waals surface area contributed by atoms with Crippen molar-refractivity contribution >= 4 is 22.4 Å². The molecule has 1 aromatic rings. The quantitative estimate of drug-likeness (QED) is 0.804. The molecule has 0 unspecified atom stereocenters. The van der Waals surface area contributed by atoms with Crippen molar-refractivity contribution in [2.75, 3.05) is 5.32 Å². The highest BCUT2D eigenvalue weighted by molar-refractivity contribution is 7.13. The minimum Gasteiger partial charge on any atom is -0.476 e. The molecule has 2 N–H and O–H groups in total. The maximum Gasteiger partial charge on any atom is 0.355 e. The minimum absolute atomic E-state index is 0.0353. The standard InChI is InChI=1S/C11H18N2O2S/c1-4-11(5-2,6-3)13-10-12-8(7-16-10)9(14)15/h7H,4-6H2,1-3H3,(H,12,13)(H,14,15). The smallest absolute Gasteiger partial charge is 0.355 e. The van der Waals surface area contributed by atoms with Crippen LogP contribution in [0.4, 0.5) is 5.13 Å². The summed E-state index contributed by atoms with van der Waals surface area (Å²) in [7, 11) is 0. The summed E-state index contributed by atoms with van der Waals surface area (Å²) in [5, 5.41) is 14.4. The summed E-state index contributed by atoms with van der Waals surface area (Å²) in [4.78, 5) is 14.8. The van der Waals surface area contributed by atoms with Gasteiger partial charge in [-0.2, -0.15) is 0 Å². The van der Waals surface area contributed by atoms with E-state index in [9.17, 15) is 4.79 Å². The SMILES string of the molecule is CCC(CC)(CC)Nc1nc(C(=O)O)cs1. The van der Waals surface area contributed by atoms with Crippen molar-refractivity contribution in [2.45, 2.75) is 45.6 Å². The van der Waals surface area contributed by atoms with Gasteiger partial charge in [0, 0.05) is 10.9 Å². The van der Waals surface area contributed by atoms with Crippen molar-refractivity contribution in [3.63, 3.8) is 0 Å². The van der Waals surface area contributed by atoms with Crippen LogP contribution in [0.1, 0.15) is 50.5 Å². The lowest BCUT2D eigenvalue weighted by Crippen LogP contribution is -2.36. The molecule has 4 nitrogen and oxygen atoms in total. The first-order valence-electron chi connectivity index (χ1n) is 5.54. The van der Waals surface area contributed by atoms with Crippen molar-refractivity contribution in [3.8, 4) is 0 Å². The second-order valence-electron chi connectivity index (χ2n) is 3.81. The Morgan fingerprint density at radius 1 is 1.44 bits per heavy atom. The molecule has 0 spiro atoms. The van der Waals surface area contributed by atoms with Crippen LogP contribution in [-0.2, 0) is 0 Å². The van der Waals surface area contributed by atoms with Crippen LogP contribution in [0.25, 0.3) is 0 Å². The largest absolute Gasteiger partial charge is 0.476 e. The van der Waals surface area contributed by atoms with Crippen LogP contribution < -0.4 is 5.32 Å². The van der Waals surface area contributed by atoms with Gasteiger partial charge in [0.05, 0.1) is 0 Å². The molecule has 0 aromatic carbocycles. The summed E-state index contributed by atoms with van der Waals surface area (Å²) < 4.78 is 0. The Bertz CT molecular complexity index is 350. The van der Waals surface area contributed by atoms with E-state index in [1.54, 1.807) is 5.38 Å². The van der Waals surface area contributed by atoms with Gasteiger partial charge in [0.25, 0.3) is 0 Å². The molecule has 1 aromatic heterocycles. The Kier molecular flexibility index (Phi) is 4.29. The van der Waals surface area contributed by atoms with E-state index in [-0.39, 0.29) is 11.2 Å². The van der Waals surface area contributed by atoms with E-state index in [0.717, 1.165) is 19.3 Å². The Morgan fingerprint density at radius 3 is 2.38 bits per heavy atom. The first kappa shape index (κ1) is 13.0. The van der Waals surface area contributed by atoms with Crippen molar-refractivity contribution in [3.05, 3.63) is 11.1 Å². The summed E-state index contributed by atoms with van der Waals surface area (Å²) in [6.45, 7) is 6.39. The first-order valence-corrected chi connectivity index (χ1v) is 6.42. The van der Waals surface area contributed by atoms with Crippen LogP contribution in [0.2, 0.25) is 0 Å². The van der Waals surface area contributed by atoms with Gasteiger partial charge in [-0.25, -0.2) is 9.78 Å². The zero-order chi connectivity index (χ0) is 12.2. The fourth-order valence-corrected chi connectivity index (χ4v) is 2.47. The van der Waals surface area contributed by atoms with E-state index < -0.39 is 5.97 Å². The molecule has 1 rings (SSSR count). The normalized spacial score (nSPS) is 11.4. The number of nitrogens with one attached hydrogen (secondary N) is 1. The maximum absolute atomic E-state index is 10.7. The van der Waals surface area contributed by atoms with E-state index >= 15 is 0 Å². The Hall–Kier alpha value is -1.10. The third-order valence-electron chi connectivity index (χ3n) is 3.13. The minimum atomic E-state index is -0.973. The molecule has 0 atom stereocenters. The van der Waals surface area contributed by atoms with E-state index in [2.05, 4.69) is 31.1 Å². The van der Waals surface area contributed by atoms with E-state index in [4.69, 9.17) is 5.11 Å². The summed E-state index contributed by atoms with van der Waals surface area (Å²) in [6.07, 6.45) is 3.01. The molecule has 1 heterocycles. The molecular weight excluding hydrogens is 224 g/mol. The summed E-state index contributed by atoms with van der Waals surface area (Å²) in [5.74, 6) is -0.973. The molecule has 5 heteroatoms. The Balaban J connectivity index is 2.81. The van der Waals surface area contributed by atoms with Gasteiger partial charge in [0.15, 0.2) is 10.8 Å². The fraction of sp³-hybridized carbons (Fsp3) is 0.636. The van der Waals surface area contributed by atoms with Crippen LogP contribution in [0.5, 0.6) is 0 Å². The van der Waals surface area contributed by atoms with Gasteiger partial charge in [-0.3, -0.25) is 0 Å². The fourth-order valence-electron chi connectivity index (χ4n) is 1.67. The first-order chi connectivity index (χ1) is 7.56. The zero-order valence-electron chi connectivity index (χ0n) is 9.91. The van der Waals surface area contributed by atoms with Gasteiger partial charge in [-0.1, -0.05) is 20.8 Å². The van der Waals surface area contributed by atoms with Crippen molar-refractivity contribution in [2.24, 2.45) is 0 Å². The Labute approximate surface area is 99.7 Å². The average molecular weight is 242 g/mol. The number of thiazole rings is 1. The van der Waals surface area contributed by atoms with Gasteiger partial charge in [0.1, 0.15) is 0 Å². The molecule has 0 fully saturated rings. The van der Waals surface area contributed by atoms with Crippen LogP contribution in [0.3, 0.4) is 0 Å². The lowest BCUT2D eigenvalue weighted by molar-refractivity contribution is 0.0691. The van der Waals surface area contributed by atoms with Crippen LogP contribution in [0, 0.1) is 0 Å². The van der Waals surface area contributed by atoms with Gasteiger partial charge in [-0.05, 0) is 19.3 Å². The average Bonchev–Trinajstić information content (AvgIpc) is 2.74. The molecule has 0 saturated heterocycles. The molecule has 0 aliphatic rings. The van der Waals surface area contributed by atoms with Gasteiger partial charge in [-0.15, -0.1) is 11.3 Å². The number of aromatic carboxylic acids is 1. The highest BCUT2D eigenvalue weighted by Crippen LogP contribution is 2.27. The second-order valence-corrected chi connectivity index (χ2v) is 4.67. The third-order valence-corrected chi connectivity index (χ3v) is 3.88. The molecular formula is C11H18N2O2S. The topological polar surface area (TPSA) is 62.2 Å². The monoisotopic (exact) mass is 242 g/mol. The lowest BCUT2D eigenvalue weighted by atomic mass is 9.90. The number of carboxylic acids is 1. The number of aromatic nitrogens is 1. The molecule has 0 bridgehead atoms. The van der Waals surface area contributed by atoms with Crippen molar-refractivity contribution in [1.29, 1.82) is 0 Å². The van der Waals surface area contributed by atoms with E-state index in [1.807, 2.05) is 0 Å². The summed E-state index contributed by atoms with van der Waals surface area (Å²) in [6, 6.07) is 0. The highest BCUT2D eigenvalue weighted by Gasteiger charge is 2.24. The number of nitrogens with zero attached hydrogens (tertiary/aromatic N) is 1. The molecule has 0 radical (unpaired) electrons. The molecule has 16 heavy (non-hydrogen) atoms. The van der Waals surface area contributed by atoms with E-state index in [0.29, 0.717) is 5.13 Å². The third kappa shape index (κ3) is 2.72. The molecule has 0 amide bonds. The van der Waals surface area contributed by atoms with Gasteiger partial charge < -0.3 is 10.4 Å². The molecule has 90 valence electrons. The van der Waals surface area contributed by atoms with Crippen LogP contribution in [0.15, 0.2) is 5.38 Å². The number of carboxylic acid groups (broad SMARTS) is 1. The summed E-state index contributed by atoms with van der Waals surface area (Å²) >= 11 is 1.35. The molecule has 0 aliphatic carbocycles. The number of hydrogen-bond donors (Lipinski definition) is 2. The Morgan fingerprint density at radius 2 is 2.00 bits per heavy atom. The predicted octanol–water partition coefficient (Wildman–Crippen LogP) is 3.22. The predicted molar refractivity (Wildman–Crippen MR) is 66.3 cm³/mol. The lowest BCUT2D eigenvalue weighted by Gasteiger charge is -2.31. The molecule has 0 aliphatic heterocycles. The van der Waals surface area contributed by atoms with Gasteiger partial charge in [0.2, 0.25) is 0 Å². The van der Waals surface area contributed by atoms with Crippen molar-refractivity contribution < 1.29 is 9.90 Å². The highest BCUT2D eigenvalue weighted by atomic mass is 32.1. The number of hydrogen-bond acceptors (Lipinski definition) is 4. The number of carbonyl (C=O) groups is 1. The number of rotatable bonds is 6. The van der Waals surface area contributed by atoms with Gasteiger partial charge >= 0.3 is 5.97 Å². The zero-order valence-corrected chi connectivity index (χ0v) is 10.7.